The molecule has 0 aliphatic rings. The van der Waals surface area contributed by atoms with Crippen LogP contribution in [0.1, 0.15) is 0 Å². The van der Waals surface area contributed by atoms with Crippen molar-refractivity contribution in [1.29, 1.82) is 0 Å². The Bertz CT molecular complexity index is 3510. The first kappa shape index (κ1) is 34.9. The van der Waals surface area contributed by atoms with Gasteiger partial charge in [0, 0.05) is 49.7 Å². The third-order valence-corrected chi connectivity index (χ3v) is 12.3. The average molecular weight is 778 g/mol. The van der Waals surface area contributed by atoms with Crippen LogP contribution in [0, 0.1) is 0 Å². The first-order valence-corrected chi connectivity index (χ1v) is 20.9. The summed E-state index contributed by atoms with van der Waals surface area (Å²) in [7, 11) is 0. The van der Waals surface area contributed by atoms with Gasteiger partial charge in [0.2, 0.25) is 0 Å². The Morgan fingerprint density at radius 3 is 1.30 bits per heavy atom. The van der Waals surface area contributed by atoms with Crippen LogP contribution in [0.3, 0.4) is 0 Å². The number of fused-ring (bicyclic) bond motifs is 7. The maximum Gasteiger partial charge on any atom is 0.0547 e. The standard InChI is InChI=1S/C58H39N3/c1-3-15-40(16-4-1)41-27-30-44(31-28-41)59(45-32-34-46(35-33-45)60-54-24-12-9-21-50(54)51-22-10-13-25-55(51)60)57-38-37-47(48-19-7-8-20-49(48)57)42-29-36-53-52-23-11-14-26-56(52)61(58(53)39-42)43-17-5-2-6-18-43/h1-39H. The molecule has 2 aromatic heterocycles. The lowest BCUT2D eigenvalue weighted by Crippen LogP contribution is -2.11. The molecular formula is C58H39N3. The maximum atomic E-state index is 2.41. The Labute approximate surface area is 354 Å². The lowest BCUT2D eigenvalue weighted by atomic mass is 9.95. The van der Waals surface area contributed by atoms with Crippen LogP contribution in [-0.2, 0) is 0 Å². The van der Waals surface area contributed by atoms with Gasteiger partial charge in [-0.1, -0.05) is 158 Å². The highest BCUT2D eigenvalue weighted by atomic mass is 15.1. The van der Waals surface area contributed by atoms with Gasteiger partial charge in [-0.25, -0.2) is 0 Å². The second kappa shape index (κ2) is 14.3. The van der Waals surface area contributed by atoms with Crippen molar-refractivity contribution in [2.75, 3.05) is 4.90 Å². The van der Waals surface area contributed by atoms with Gasteiger partial charge in [-0.05, 0) is 107 Å². The van der Waals surface area contributed by atoms with Crippen LogP contribution in [0.5, 0.6) is 0 Å². The second-order valence-electron chi connectivity index (χ2n) is 15.7. The fraction of sp³-hybridized carbons (Fsp3) is 0. The summed E-state index contributed by atoms with van der Waals surface area (Å²) in [6, 6.07) is 85.9. The fourth-order valence-corrected chi connectivity index (χ4v) is 9.54. The van der Waals surface area contributed by atoms with E-state index >= 15 is 0 Å². The van der Waals surface area contributed by atoms with Gasteiger partial charge in [0.05, 0.1) is 27.8 Å². The zero-order valence-corrected chi connectivity index (χ0v) is 33.4. The van der Waals surface area contributed by atoms with E-state index in [0.29, 0.717) is 0 Å². The first-order chi connectivity index (χ1) is 30.3. The molecule has 12 aromatic rings. The third kappa shape index (κ3) is 5.74. The van der Waals surface area contributed by atoms with E-state index in [9.17, 15) is 0 Å². The second-order valence-corrected chi connectivity index (χ2v) is 15.7. The van der Waals surface area contributed by atoms with Gasteiger partial charge in [-0.15, -0.1) is 0 Å². The van der Waals surface area contributed by atoms with E-state index in [4.69, 9.17) is 0 Å². The molecular weight excluding hydrogens is 739 g/mol. The minimum absolute atomic E-state index is 1.09. The molecule has 0 bridgehead atoms. The Morgan fingerprint density at radius 2 is 0.689 bits per heavy atom. The summed E-state index contributed by atoms with van der Waals surface area (Å²) in [5.74, 6) is 0. The molecule has 3 heteroatoms. The average Bonchev–Trinajstić information content (AvgIpc) is 3.85. The zero-order chi connectivity index (χ0) is 40.3. The molecule has 12 rings (SSSR count). The number of benzene rings is 10. The van der Waals surface area contributed by atoms with Crippen molar-refractivity contribution in [3.8, 4) is 33.6 Å². The normalized spacial score (nSPS) is 11.6. The molecule has 286 valence electrons. The van der Waals surface area contributed by atoms with E-state index in [1.807, 2.05) is 0 Å². The van der Waals surface area contributed by atoms with Crippen LogP contribution >= 0.6 is 0 Å². The first-order valence-electron chi connectivity index (χ1n) is 20.9. The molecule has 61 heavy (non-hydrogen) atoms. The van der Waals surface area contributed by atoms with Crippen molar-refractivity contribution >= 4 is 71.4 Å². The van der Waals surface area contributed by atoms with Crippen molar-refractivity contribution in [2.45, 2.75) is 0 Å². The topological polar surface area (TPSA) is 13.1 Å². The summed E-state index contributed by atoms with van der Waals surface area (Å²) in [5.41, 5.74) is 15.2. The van der Waals surface area contributed by atoms with Crippen molar-refractivity contribution in [1.82, 2.24) is 9.13 Å². The molecule has 0 N–H and O–H groups in total. The van der Waals surface area contributed by atoms with Crippen LogP contribution in [-0.4, -0.2) is 9.13 Å². The Kier molecular flexibility index (Phi) is 8.17. The number of hydrogen-bond donors (Lipinski definition) is 0. The van der Waals surface area contributed by atoms with Crippen LogP contribution in [0.4, 0.5) is 17.1 Å². The minimum atomic E-state index is 1.09. The molecule has 3 nitrogen and oxygen atoms in total. The molecule has 0 fully saturated rings. The summed E-state index contributed by atoms with van der Waals surface area (Å²) in [6.07, 6.45) is 0. The highest BCUT2D eigenvalue weighted by molar-refractivity contribution is 6.12. The van der Waals surface area contributed by atoms with E-state index in [0.717, 1.165) is 28.4 Å². The van der Waals surface area contributed by atoms with E-state index in [2.05, 4.69) is 251 Å². The van der Waals surface area contributed by atoms with E-state index < -0.39 is 0 Å². The quantitative estimate of drug-likeness (QED) is 0.157. The summed E-state index contributed by atoms with van der Waals surface area (Å²) < 4.78 is 4.78. The molecule has 0 saturated carbocycles. The van der Waals surface area contributed by atoms with Gasteiger partial charge in [-0.3, -0.25) is 0 Å². The Morgan fingerprint density at radius 1 is 0.262 bits per heavy atom. The molecule has 0 saturated heterocycles. The number of anilines is 3. The molecule has 0 aliphatic carbocycles. The van der Waals surface area contributed by atoms with E-state index in [1.54, 1.807) is 0 Å². The highest BCUT2D eigenvalue weighted by Crippen LogP contribution is 2.44. The molecule has 0 amide bonds. The summed E-state index contributed by atoms with van der Waals surface area (Å²) in [4.78, 5) is 2.41. The lowest BCUT2D eigenvalue weighted by molar-refractivity contribution is 1.17. The summed E-state index contributed by atoms with van der Waals surface area (Å²) in [5, 5.41) is 7.41. The van der Waals surface area contributed by atoms with E-state index in [1.165, 1.54) is 76.6 Å². The Hall–Kier alpha value is -8.14. The van der Waals surface area contributed by atoms with Gasteiger partial charge >= 0.3 is 0 Å². The predicted molar refractivity (Wildman–Crippen MR) is 258 cm³/mol. The summed E-state index contributed by atoms with van der Waals surface area (Å²) in [6.45, 7) is 0. The number of rotatable bonds is 7. The number of hydrogen-bond acceptors (Lipinski definition) is 1. The van der Waals surface area contributed by atoms with E-state index in [-0.39, 0.29) is 0 Å². The molecule has 0 aliphatic heterocycles. The smallest absolute Gasteiger partial charge is 0.0547 e. The molecule has 0 unspecified atom stereocenters. The fourth-order valence-electron chi connectivity index (χ4n) is 9.54. The van der Waals surface area contributed by atoms with Crippen molar-refractivity contribution in [2.24, 2.45) is 0 Å². The van der Waals surface area contributed by atoms with Gasteiger partial charge in [0.1, 0.15) is 0 Å². The van der Waals surface area contributed by atoms with Crippen molar-refractivity contribution < 1.29 is 0 Å². The molecule has 2 heterocycles. The number of nitrogens with zero attached hydrogens (tertiary/aromatic N) is 3. The van der Waals surface area contributed by atoms with Gasteiger partial charge in [-0.2, -0.15) is 0 Å². The van der Waals surface area contributed by atoms with Gasteiger partial charge < -0.3 is 14.0 Å². The van der Waals surface area contributed by atoms with Crippen LogP contribution in [0.15, 0.2) is 237 Å². The van der Waals surface area contributed by atoms with Gasteiger partial charge in [0.15, 0.2) is 0 Å². The molecule has 0 radical (unpaired) electrons. The SMILES string of the molecule is c1ccc(-c2ccc(N(c3ccc(-n4c5ccccc5c5ccccc54)cc3)c3ccc(-c4ccc5c6ccccc6n(-c6ccccc6)c5c4)c4ccccc34)cc2)cc1. The predicted octanol–water partition coefficient (Wildman–Crippen LogP) is 15.8. The maximum absolute atomic E-state index is 2.41. The molecule has 10 aromatic carbocycles. The molecule has 0 atom stereocenters. The zero-order valence-electron chi connectivity index (χ0n) is 33.4. The van der Waals surface area contributed by atoms with Crippen molar-refractivity contribution in [3.63, 3.8) is 0 Å². The number of aromatic nitrogens is 2. The van der Waals surface area contributed by atoms with Gasteiger partial charge in [0.25, 0.3) is 0 Å². The number of para-hydroxylation sites is 4. The largest absolute Gasteiger partial charge is 0.310 e. The molecule has 0 spiro atoms. The summed E-state index contributed by atoms with van der Waals surface area (Å²) >= 11 is 0. The monoisotopic (exact) mass is 777 g/mol. The van der Waals surface area contributed by atoms with Crippen LogP contribution < -0.4 is 4.90 Å². The highest BCUT2D eigenvalue weighted by Gasteiger charge is 2.20. The van der Waals surface area contributed by atoms with Crippen LogP contribution in [0.25, 0.3) is 88.0 Å². The van der Waals surface area contributed by atoms with Crippen molar-refractivity contribution in [3.05, 3.63) is 237 Å². The minimum Gasteiger partial charge on any atom is -0.310 e. The van der Waals surface area contributed by atoms with Crippen LogP contribution in [0.2, 0.25) is 0 Å². The Balaban J connectivity index is 1.02. The lowest BCUT2D eigenvalue weighted by Gasteiger charge is -2.28. The third-order valence-electron chi connectivity index (χ3n) is 12.3.